The number of hydrogen-bond acceptors (Lipinski definition) is 5. The fourth-order valence-corrected chi connectivity index (χ4v) is 2.09. The second-order valence-corrected chi connectivity index (χ2v) is 6.27. The maximum absolute atomic E-state index is 11.9. The number of aliphatic hydroxyl groups is 1. The molecule has 0 aliphatic carbocycles. The van der Waals surface area contributed by atoms with Crippen molar-refractivity contribution in [2.24, 2.45) is 0 Å². The standard InChI is InChI=1S/C12H19NO5/c1-11(2,3)18-10(16)13-6(7(14)9(13)15)8-12(4,5)17-8/h6-8,14H,1-5H3/t6-,7-,8-/m1/s1. The largest absolute Gasteiger partial charge is 0.443 e. The van der Waals surface area contributed by atoms with Crippen LogP contribution in [0, 0.1) is 0 Å². The number of ether oxygens (including phenoxy) is 2. The van der Waals surface area contributed by atoms with E-state index in [1.165, 1.54) is 0 Å². The van der Waals surface area contributed by atoms with Gasteiger partial charge in [0.2, 0.25) is 0 Å². The minimum Gasteiger partial charge on any atom is -0.443 e. The number of imide groups is 1. The molecule has 0 saturated carbocycles. The quantitative estimate of drug-likeness (QED) is 0.551. The maximum atomic E-state index is 11.9. The van der Waals surface area contributed by atoms with Gasteiger partial charge < -0.3 is 14.6 Å². The van der Waals surface area contributed by atoms with E-state index in [0.29, 0.717) is 0 Å². The molecule has 2 aliphatic rings. The molecule has 0 aromatic carbocycles. The van der Waals surface area contributed by atoms with E-state index >= 15 is 0 Å². The first-order valence-electron chi connectivity index (χ1n) is 5.96. The predicted molar refractivity (Wildman–Crippen MR) is 61.8 cm³/mol. The van der Waals surface area contributed by atoms with Gasteiger partial charge in [-0.3, -0.25) is 4.79 Å². The van der Waals surface area contributed by atoms with Crippen LogP contribution in [0.4, 0.5) is 4.79 Å². The summed E-state index contributed by atoms with van der Waals surface area (Å²) in [7, 11) is 0. The Morgan fingerprint density at radius 1 is 1.44 bits per heavy atom. The van der Waals surface area contributed by atoms with E-state index in [0.717, 1.165) is 4.90 Å². The number of carbonyl (C=O) groups excluding carboxylic acids is 2. The fraction of sp³-hybridized carbons (Fsp3) is 0.833. The molecule has 0 spiro atoms. The molecule has 0 radical (unpaired) electrons. The van der Waals surface area contributed by atoms with Gasteiger partial charge in [0, 0.05) is 0 Å². The zero-order valence-electron chi connectivity index (χ0n) is 11.3. The molecular weight excluding hydrogens is 238 g/mol. The highest BCUT2D eigenvalue weighted by atomic mass is 16.6. The molecule has 2 rings (SSSR count). The van der Waals surface area contributed by atoms with Gasteiger partial charge in [0.05, 0.1) is 5.60 Å². The van der Waals surface area contributed by atoms with Crippen molar-refractivity contribution in [2.75, 3.05) is 0 Å². The van der Waals surface area contributed by atoms with Gasteiger partial charge in [-0.1, -0.05) is 0 Å². The molecule has 0 aromatic rings. The van der Waals surface area contributed by atoms with Gasteiger partial charge in [0.25, 0.3) is 5.91 Å². The average molecular weight is 257 g/mol. The van der Waals surface area contributed by atoms with Crippen LogP contribution in [0.3, 0.4) is 0 Å². The number of likely N-dealkylation sites (tertiary alicyclic amines) is 1. The third-order valence-corrected chi connectivity index (χ3v) is 3.07. The molecule has 0 unspecified atom stereocenters. The summed E-state index contributed by atoms with van der Waals surface area (Å²) in [6.07, 6.45) is -2.23. The van der Waals surface area contributed by atoms with Crippen LogP contribution in [0.15, 0.2) is 0 Å². The molecular formula is C12H19NO5. The predicted octanol–water partition coefficient (Wildman–Crippen LogP) is 0.671. The Morgan fingerprint density at radius 3 is 2.33 bits per heavy atom. The number of hydrogen-bond donors (Lipinski definition) is 1. The van der Waals surface area contributed by atoms with Crippen LogP contribution in [0.25, 0.3) is 0 Å². The van der Waals surface area contributed by atoms with E-state index in [-0.39, 0.29) is 6.10 Å². The van der Waals surface area contributed by atoms with Gasteiger partial charge in [0.1, 0.15) is 17.7 Å². The lowest BCUT2D eigenvalue weighted by atomic mass is 9.90. The van der Waals surface area contributed by atoms with Crippen molar-refractivity contribution in [1.82, 2.24) is 4.90 Å². The van der Waals surface area contributed by atoms with Crippen LogP contribution in [0.5, 0.6) is 0 Å². The number of carbonyl (C=O) groups is 2. The number of aliphatic hydroxyl groups excluding tert-OH is 1. The lowest BCUT2D eigenvalue weighted by Gasteiger charge is -2.42. The molecule has 2 fully saturated rings. The summed E-state index contributed by atoms with van der Waals surface area (Å²) >= 11 is 0. The van der Waals surface area contributed by atoms with Crippen molar-refractivity contribution in [3.63, 3.8) is 0 Å². The van der Waals surface area contributed by atoms with Crippen molar-refractivity contribution in [3.05, 3.63) is 0 Å². The van der Waals surface area contributed by atoms with Gasteiger partial charge in [-0.15, -0.1) is 0 Å². The second kappa shape index (κ2) is 3.68. The molecule has 2 saturated heterocycles. The van der Waals surface area contributed by atoms with Crippen LogP contribution in [-0.2, 0) is 14.3 Å². The minimum atomic E-state index is -1.18. The molecule has 1 N–H and O–H groups in total. The topological polar surface area (TPSA) is 79.4 Å². The van der Waals surface area contributed by atoms with Crippen molar-refractivity contribution in [2.45, 2.75) is 64.1 Å². The summed E-state index contributed by atoms with van der Waals surface area (Å²) in [6, 6.07) is -0.637. The monoisotopic (exact) mass is 257 g/mol. The zero-order chi connectivity index (χ0) is 13.9. The first-order valence-corrected chi connectivity index (χ1v) is 5.96. The highest BCUT2D eigenvalue weighted by Gasteiger charge is 2.65. The summed E-state index contributed by atoms with van der Waals surface area (Å²) in [5.41, 5.74) is -1.09. The second-order valence-electron chi connectivity index (χ2n) is 6.27. The SMILES string of the molecule is CC(C)(C)OC(=O)N1C(=O)[C@H](O)[C@@H]1[C@H]1OC1(C)C. The zero-order valence-corrected chi connectivity index (χ0v) is 11.3. The normalized spacial score (nSPS) is 34.0. The third kappa shape index (κ3) is 2.10. The molecule has 6 heteroatoms. The van der Waals surface area contributed by atoms with Crippen LogP contribution >= 0.6 is 0 Å². The van der Waals surface area contributed by atoms with Gasteiger partial charge >= 0.3 is 6.09 Å². The molecule has 0 aromatic heterocycles. The van der Waals surface area contributed by atoms with Gasteiger partial charge in [0.15, 0.2) is 6.10 Å². The van der Waals surface area contributed by atoms with Crippen LogP contribution < -0.4 is 0 Å². The Balaban J connectivity index is 2.07. The minimum absolute atomic E-state index is 0.322. The van der Waals surface area contributed by atoms with E-state index in [9.17, 15) is 14.7 Å². The summed E-state index contributed by atoms with van der Waals surface area (Å²) in [5, 5.41) is 9.66. The van der Waals surface area contributed by atoms with Crippen molar-refractivity contribution in [1.29, 1.82) is 0 Å². The van der Waals surface area contributed by atoms with Crippen LogP contribution in [-0.4, -0.2) is 51.5 Å². The molecule has 6 nitrogen and oxygen atoms in total. The molecule has 0 bridgehead atoms. The summed E-state index contributed by atoms with van der Waals surface area (Å²) in [5.74, 6) is -0.624. The lowest BCUT2D eigenvalue weighted by molar-refractivity contribution is -0.165. The Morgan fingerprint density at radius 2 is 1.94 bits per heavy atom. The average Bonchev–Trinajstić information content (AvgIpc) is 2.78. The van der Waals surface area contributed by atoms with E-state index < -0.39 is 35.3 Å². The molecule has 2 aliphatic heterocycles. The van der Waals surface area contributed by atoms with Crippen LogP contribution in [0.1, 0.15) is 34.6 Å². The van der Waals surface area contributed by atoms with Gasteiger partial charge in [-0.25, -0.2) is 9.69 Å². The van der Waals surface area contributed by atoms with E-state index in [4.69, 9.17) is 9.47 Å². The van der Waals surface area contributed by atoms with E-state index in [2.05, 4.69) is 0 Å². The van der Waals surface area contributed by atoms with E-state index in [1.807, 2.05) is 13.8 Å². The Labute approximate surface area is 106 Å². The summed E-state index contributed by atoms with van der Waals surface area (Å²) < 4.78 is 10.5. The Kier molecular flexibility index (Phi) is 2.72. The molecule has 3 atom stereocenters. The molecule has 18 heavy (non-hydrogen) atoms. The first kappa shape index (κ1) is 13.3. The molecule has 102 valence electrons. The highest BCUT2D eigenvalue weighted by Crippen LogP contribution is 2.44. The van der Waals surface area contributed by atoms with Gasteiger partial charge in [-0.2, -0.15) is 0 Å². The summed E-state index contributed by atoms with van der Waals surface area (Å²) in [6.45, 7) is 8.86. The fourth-order valence-electron chi connectivity index (χ4n) is 2.09. The first-order chi connectivity index (χ1) is 8.04. The number of nitrogens with zero attached hydrogens (tertiary/aromatic N) is 1. The molecule has 2 heterocycles. The third-order valence-electron chi connectivity index (χ3n) is 3.07. The molecule has 2 amide bonds. The van der Waals surface area contributed by atoms with Crippen LogP contribution in [0.2, 0.25) is 0 Å². The van der Waals surface area contributed by atoms with E-state index in [1.54, 1.807) is 20.8 Å². The number of epoxide rings is 1. The van der Waals surface area contributed by atoms with Crippen molar-refractivity contribution in [3.8, 4) is 0 Å². The van der Waals surface area contributed by atoms with Crippen molar-refractivity contribution >= 4 is 12.0 Å². The highest BCUT2D eigenvalue weighted by molar-refractivity contribution is 6.01. The van der Waals surface area contributed by atoms with Crippen molar-refractivity contribution < 1.29 is 24.2 Å². The number of rotatable bonds is 1. The Hall–Kier alpha value is -1.14. The number of amides is 2. The Bertz CT molecular complexity index is 398. The van der Waals surface area contributed by atoms with Gasteiger partial charge in [-0.05, 0) is 34.6 Å². The summed E-state index contributed by atoms with van der Waals surface area (Å²) in [4.78, 5) is 24.4. The smallest absolute Gasteiger partial charge is 0.417 e. The lowest BCUT2D eigenvalue weighted by Crippen LogP contribution is -2.69. The number of β-lactam (4-membered cyclic amide) rings is 1. The maximum Gasteiger partial charge on any atom is 0.417 e.